The number of hydrogen-bond donors (Lipinski definition) is 0. The first kappa shape index (κ1) is 12.4. The average Bonchev–Trinajstić information content (AvgIpc) is 2.99. The van der Waals surface area contributed by atoms with E-state index in [0.717, 1.165) is 11.0 Å². The van der Waals surface area contributed by atoms with Crippen molar-refractivity contribution in [3.8, 4) is 0 Å². The molecule has 1 atom stereocenters. The van der Waals surface area contributed by atoms with Gasteiger partial charge in [-0.25, -0.2) is 0 Å². The van der Waals surface area contributed by atoms with Gasteiger partial charge >= 0.3 is 6.85 Å². The van der Waals surface area contributed by atoms with Crippen LogP contribution in [0.1, 0.15) is 6.92 Å². The van der Waals surface area contributed by atoms with Crippen molar-refractivity contribution in [2.45, 2.75) is 19.9 Å². The standard InChI is InChI=1S/C16H18BN3O/c1-12-18(3)8-9-19(12)20-11-14-13-6-4-5-7-15(13)21-16(14)10-17(20)2/h4-12H,1-3H3/t12-/m0/s1. The minimum absolute atomic E-state index is 0.261. The topological polar surface area (TPSA) is 22.9 Å². The lowest BCUT2D eigenvalue weighted by atomic mass is 9.63. The van der Waals surface area contributed by atoms with Crippen LogP contribution in [0.25, 0.3) is 23.1 Å². The van der Waals surface area contributed by atoms with E-state index in [1.807, 2.05) is 12.1 Å². The molecule has 1 aromatic heterocycles. The van der Waals surface area contributed by atoms with Crippen LogP contribution < -0.4 is 10.6 Å². The Bertz CT molecular complexity index is 841. The Morgan fingerprint density at radius 1 is 1.19 bits per heavy atom. The molecule has 0 saturated carbocycles. The molecule has 0 radical (unpaired) electrons. The molecule has 0 fully saturated rings. The number of benzene rings is 1. The molecule has 2 aromatic rings. The van der Waals surface area contributed by atoms with Gasteiger partial charge in [-0.2, -0.15) is 0 Å². The maximum absolute atomic E-state index is 5.96. The van der Waals surface area contributed by atoms with Crippen molar-refractivity contribution in [1.82, 2.24) is 14.8 Å². The van der Waals surface area contributed by atoms with E-state index in [1.54, 1.807) is 0 Å². The van der Waals surface area contributed by atoms with E-state index in [9.17, 15) is 0 Å². The molecule has 0 unspecified atom stereocenters. The maximum atomic E-state index is 5.96. The fourth-order valence-electron chi connectivity index (χ4n) is 3.04. The van der Waals surface area contributed by atoms with Crippen LogP contribution in [0.4, 0.5) is 0 Å². The molecule has 0 bridgehead atoms. The molecule has 1 aromatic carbocycles. The zero-order chi connectivity index (χ0) is 14.6. The molecular formula is C16H18BN3O. The van der Waals surface area contributed by atoms with Crippen LogP contribution in [0.5, 0.6) is 0 Å². The maximum Gasteiger partial charge on any atom is 0.306 e. The highest BCUT2D eigenvalue weighted by atomic mass is 16.3. The number of hydrogen-bond acceptors (Lipinski definition) is 4. The highest BCUT2D eigenvalue weighted by molar-refractivity contribution is 6.70. The van der Waals surface area contributed by atoms with Gasteiger partial charge in [-0.3, -0.25) is 5.01 Å². The van der Waals surface area contributed by atoms with Gasteiger partial charge in [-0.1, -0.05) is 25.0 Å². The van der Waals surface area contributed by atoms with Crippen LogP contribution >= 0.6 is 0 Å². The fourth-order valence-corrected chi connectivity index (χ4v) is 3.04. The summed E-state index contributed by atoms with van der Waals surface area (Å²) in [5, 5.41) is 4.59. The highest BCUT2D eigenvalue weighted by Gasteiger charge is 2.29. The van der Waals surface area contributed by atoms with E-state index in [0.29, 0.717) is 6.17 Å². The predicted molar refractivity (Wildman–Crippen MR) is 86.1 cm³/mol. The third-order valence-electron chi connectivity index (χ3n) is 4.43. The van der Waals surface area contributed by atoms with Gasteiger partial charge in [0.1, 0.15) is 17.2 Å². The number of nitrogens with zero attached hydrogens (tertiary/aromatic N) is 3. The second-order valence-corrected chi connectivity index (χ2v) is 5.77. The van der Waals surface area contributed by atoms with E-state index < -0.39 is 0 Å². The van der Waals surface area contributed by atoms with E-state index in [1.165, 1.54) is 10.6 Å². The van der Waals surface area contributed by atoms with Gasteiger partial charge in [0.25, 0.3) is 0 Å². The fraction of sp³-hybridized carbons (Fsp3) is 0.250. The smallest absolute Gasteiger partial charge is 0.306 e. The first-order valence-corrected chi connectivity index (χ1v) is 7.33. The van der Waals surface area contributed by atoms with Crippen LogP contribution in [0.3, 0.4) is 0 Å². The molecule has 5 heteroatoms. The molecule has 0 amide bonds. The molecule has 4 rings (SSSR count). The molecule has 21 heavy (non-hydrogen) atoms. The lowest BCUT2D eigenvalue weighted by Crippen LogP contribution is -2.52. The summed E-state index contributed by atoms with van der Waals surface area (Å²) in [5.41, 5.74) is 1.93. The van der Waals surface area contributed by atoms with E-state index in [2.05, 4.69) is 72.3 Å². The van der Waals surface area contributed by atoms with Gasteiger partial charge in [0, 0.05) is 36.3 Å². The van der Waals surface area contributed by atoms with E-state index in [4.69, 9.17) is 4.42 Å². The van der Waals surface area contributed by atoms with Gasteiger partial charge in [0.05, 0.1) is 0 Å². The molecule has 2 aliphatic rings. The number of furan rings is 1. The van der Waals surface area contributed by atoms with Crippen molar-refractivity contribution in [3.05, 3.63) is 47.3 Å². The molecule has 0 saturated heterocycles. The molecule has 2 aliphatic heterocycles. The Balaban J connectivity index is 1.88. The zero-order valence-electron chi connectivity index (χ0n) is 12.5. The normalized spacial score (nSPS) is 20.8. The lowest BCUT2D eigenvalue weighted by Gasteiger charge is -2.39. The average molecular weight is 279 g/mol. The first-order valence-electron chi connectivity index (χ1n) is 7.33. The predicted octanol–water partition coefficient (Wildman–Crippen LogP) is 1.41. The molecule has 3 heterocycles. The third-order valence-corrected chi connectivity index (χ3v) is 4.43. The monoisotopic (exact) mass is 279 g/mol. The Hall–Kier alpha value is -2.30. The summed E-state index contributed by atoms with van der Waals surface area (Å²) in [7, 11) is 2.10. The minimum atomic E-state index is 0.261. The summed E-state index contributed by atoms with van der Waals surface area (Å²) in [6.45, 7) is 4.64. The van der Waals surface area contributed by atoms with Crippen LogP contribution in [0, 0.1) is 0 Å². The van der Waals surface area contributed by atoms with Crippen LogP contribution in [0.15, 0.2) is 41.1 Å². The Morgan fingerprint density at radius 2 is 2.00 bits per heavy atom. The molecule has 4 nitrogen and oxygen atoms in total. The molecule has 0 spiro atoms. The molecule has 0 N–H and O–H groups in total. The summed E-state index contributed by atoms with van der Waals surface area (Å²) < 4.78 is 5.96. The zero-order valence-corrected chi connectivity index (χ0v) is 12.5. The second-order valence-electron chi connectivity index (χ2n) is 5.77. The molecule has 0 aliphatic carbocycles. The molecule has 106 valence electrons. The number of rotatable bonds is 1. The summed E-state index contributed by atoms with van der Waals surface area (Å²) in [6, 6.07) is 8.21. The van der Waals surface area contributed by atoms with Gasteiger partial charge < -0.3 is 14.2 Å². The first-order chi connectivity index (χ1) is 10.1. The third kappa shape index (κ3) is 1.77. The van der Waals surface area contributed by atoms with Gasteiger partial charge in [-0.15, -0.1) is 0 Å². The van der Waals surface area contributed by atoms with E-state index in [-0.39, 0.29) is 6.85 Å². The van der Waals surface area contributed by atoms with Gasteiger partial charge in [-0.05, 0) is 19.0 Å². The SMILES string of the molecule is CB1C=c2oc3ccccc3c2=CN1N1C=CN(C)[C@@H]1C. The lowest BCUT2D eigenvalue weighted by molar-refractivity contribution is 0.0856. The summed E-state index contributed by atoms with van der Waals surface area (Å²) in [6.07, 6.45) is 6.75. The Morgan fingerprint density at radius 3 is 2.76 bits per heavy atom. The number of fused-ring (bicyclic) bond motifs is 3. The Kier molecular flexibility index (Phi) is 2.58. The Labute approximate surface area is 124 Å². The highest BCUT2D eigenvalue weighted by Crippen LogP contribution is 2.19. The quantitative estimate of drug-likeness (QED) is 0.736. The van der Waals surface area contributed by atoms with E-state index >= 15 is 0 Å². The molecular weight excluding hydrogens is 261 g/mol. The van der Waals surface area contributed by atoms with Crippen molar-refractivity contribution in [2.75, 3.05) is 7.05 Å². The summed E-state index contributed by atoms with van der Waals surface area (Å²) >= 11 is 0. The summed E-state index contributed by atoms with van der Waals surface area (Å²) in [4.78, 5) is 4.47. The minimum Gasteiger partial charge on any atom is -0.457 e. The van der Waals surface area contributed by atoms with Crippen LogP contribution in [0.2, 0.25) is 6.82 Å². The van der Waals surface area contributed by atoms with Crippen molar-refractivity contribution < 1.29 is 4.42 Å². The number of para-hydroxylation sites is 1. The van der Waals surface area contributed by atoms with Gasteiger partial charge in [0.2, 0.25) is 0 Å². The van der Waals surface area contributed by atoms with Crippen LogP contribution in [-0.4, -0.2) is 34.9 Å². The van der Waals surface area contributed by atoms with Crippen molar-refractivity contribution in [3.63, 3.8) is 0 Å². The van der Waals surface area contributed by atoms with Crippen LogP contribution in [-0.2, 0) is 0 Å². The largest absolute Gasteiger partial charge is 0.457 e. The van der Waals surface area contributed by atoms with Crippen molar-refractivity contribution >= 4 is 30.0 Å². The van der Waals surface area contributed by atoms with Gasteiger partial charge in [0.15, 0.2) is 0 Å². The number of hydrazine groups is 1. The summed E-state index contributed by atoms with van der Waals surface area (Å²) in [5.74, 6) is 2.19. The van der Waals surface area contributed by atoms with Crippen molar-refractivity contribution in [2.24, 2.45) is 0 Å². The van der Waals surface area contributed by atoms with Crippen molar-refractivity contribution in [1.29, 1.82) is 0 Å². The second kappa shape index (κ2) is 4.35.